The maximum atomic E-state index is 11.9. The average molecular weight is 255 g/mol. The monoisotopic (exact) mass is 255 g/mol. The van der Waals surface area contributed by atoms with Crippen molar-refractivity contribution < 1.29 is 4.79 Å². The van der Waals surface area contributed by atoms with E-state index in [0.717, 1.165) is 17.5 Å². The second kappa shape index (κ2) is 6.66. The van der Waals surface area contributed by atoms with E-state index in [1.54, 1.807) is 12.4 Å². The van der Waals surface area contributed by atoms with Crippen molar-refractivity contribution in [1.82, 2.24) is 10.3 Å². The van der Waals surface area contributed by atoms with Crippen molar-refractivity contribution in [3.8, 4) is 0 Å². The van der Waals surface area contributed by atoms with Crippen LogP contribution in [0.5, 0.6) is 0 Å². The molecule has 1 heterocycles. The maximum Gasteiger partial charge on any atom is 0.241 e. The van der Waals surface area contributed by atoms with Crippen molar-refractivity contribution in [3.63, 3.8) is 0 Å². The largest absolute Gasteiger partial charge is 0.354 e. The van der Waals surface area contributed by atoms with Gasteiger partial charge in [-0.2, -0.15) is 0 Å². The normalized spacial score (nSPS) is 11.8. The van der Waals surface area contributed by atoms with Gasteiger partial charge in [-0.3, -0.25) is 9.78 Å². The fourth-order valence-corrected chi connectivity index (χ4v) is 1.80. The molecule has 4 nitrogen and oxygen atoms in total. The number of pyridine rings is 1. The molecule has 0 aliphatic heterocycles. The third-order valence-electron chi connectivity index (χ3n) is 2.88. The lowest BCUT2D eigenvalue weighted by atomic mass is 10.1. The predicted molar refractivity (Wildman–Crippen MR) is 74.3 cm³/mol. The molecule has 0 spiro atoms. The minimum atomic E-state index is -0.616. The second-order valence-corrected chi connectivity index (χ2v) is 4.29. The summed E-state index contributed by atoms with van der Waals surface area (Å²) >= 11 is 0. The summed E-state index contributed by atoms with van der Waals surface area (Å²) in [6.45, 7) is 0.561. The zero-order valence-electron chi connectivity index (χ0n) is 10.6. The predicted octanol–water partition coefficient (Wildman–Crippen LogP) is 1.44. The number of nitrogens with two attached hydrogens (primary N) is 1. The molecule has 0 aliphatic carbocycles. The molecule has 0 saturated carbocycles. The highest BCUT2D eigenvalue weighted by molar-refractivity contribution is 5.82. The fourth-order valence-electron chi connectivity index (χ4n) is 1.80. The van der Waals surface area contributed by atoms with E-state index in [1.807, 2.05) is 42.5 Å². The zero-order valence-corrected chi connectivity index (χ0v) is 10.6. The van der Waals surface area contributed by atoms with Crippen molar-refractivity contribution in [3.05, 3.63) is 66.0 Å². The van der Waals surface area contributed by atoms with Crippen LogP contribution in [0.25, 0.3) is 0 Å². The Labute approximate surface area is 112 Å². The van der Waals surface area contributed by atoms with E-state index in [1.165, 1.54) is 0 Å². The van der Waals surface area contributed by atoms with Gasteiger partial charge < -0.3 is 11.1 Å². The summed E-state index contributed by atoms with van der Waals surface area (Å²) in [6.07, 6.45) is 4.28. The van der Waals surface area contributed by atoms with Crippen molar-refractivity contribution in [2.24, 2.45) is 5.73 Å². The number of nitrogens with one attached hydrogen (secondary N) is 1. The van der Waals surface area contributed by atoms with Crippen molar-refractivity contribution in [2.75, 3.05) is 6.54 Å². The van der Waals surface area contributed by atoms with Crippen LogP contribution in [0.4, 0.5) is 0 Å². The Kier molecular flexibility index (Phi) is 4.64. The number of carbonyl (C=O) groups excluding carboxylic acids is 1. The van der Waals surface area contributed by atoms with Gasteiger partial charge in [-0.15, -0.1) is 0 Å². The van der Waals surface area contributed by atoms with Crippen LogP contribution in [-0.4, -0.2) is 17.4 Å². The van der Waals surface area contributed by atoms with Crippen LogP contribution in [0.15, 0.2) is 54.9 Å². The summed E-state index contributed by atoms with van der Waals surface area (Å²) in [6, 6.07) is 12.6. The van der Waals surface area contributed by atoms with Gasteiger partial charge in [0.05, 0.1) is 0 Å². The van der Waals surface area contributed by atoms with E-state index >= 15 is 0 Å². The number of carbonyl (C=O) groups is 1. The van der Waals surface area contributed by atoms with Gasteiger partial charge in [-0.25, -0.2) is 0 Å². The Morgan fingerprint density at radius 1 is 1.21 bits per heavy atom. The smallest absolute Gasteiger partial charge is 0.241 e. The molecule has 98 valence electrons. The maximum absolute atomic E-state index is 11.9. The highest BCUT2D eigenvalue weighted by atomic mass is 16.2. The molecule has 1 amide bonds. The number of hydrogen-bond acceptors (Lipinski definition) is 3. The molecule has 19 heavy (non-hydrogen) atoms. The van der Waals surface area contributed by atoms with Crippen molar-refractivity contribution in [1.29, 1.82) is 0 Å². The van der Waals surface area contributed by atoms with Crippen LogP contribution in [0.2, 0.25) is 0 Å². The fraction of sp³-hybridized carbons (Fsp3) is 0.200. The molecule has 0 radical (unpaired) electrons. The molecular formula is C15H17N3O. The van der Waals surface area contributed by atoms with Gasteiger partial charge in [-0.1, -0.05) is 36.4 Å². The van der Waals surface area contributed by atoms with E-state index in [4.69, 9.17) is 5.73 Å². The number of amides is 1. The van der Waals surface area contributed by atoms with E-state index in [0.29, 0.717) is 6.54 Å². The van der Waals surface area contributed by atoms with E-state index in [2.05, 4.69) is 10.3 Å². The lowest BCUT2D eigenvalue weighted by Crippen LogP contribution is -2.35. The highest BCUT2D eigenvalue weighted by Crippen LogP contribution is 2.09. The summed E-state index contributed by atoms with van der Waals surface area (Å²) in [5, 5.41) is 2.84. The molecule has 0 fully saturated rings. The zero-order chi connectivity index (χ0) is 13.5. The van der Waals surface area contributed by atoms with Gasteiger partial charge in [0, 0.05) is 18.9 Å². The van der Waals surface area contributed by atoms with Crippen LogP contribution in [0.3, 0.4) is 0 Å². The molecule has 1 aromatic carbocycles. The van der Waals surface area contributed by atoms with E-state index in [-0.39, 0.29) is 5.91 Å². The standard InChI is InChI=1S/C15H17N3O/c16-14(13-6-2-1-3-7-13)15(19)18-10-8-12-5-4-9-17-11-12/h1-7,9,11,14H,8,10,16H2,(H,18,19)/t14-/m1/s1. The molecule has 2 aromatic rings. The average Bonchev–Trinajstić information content (AvgIpc) is 2.48. The molecule has 3 N–H and O–H groups in total. The highest BCUT2D eigenvalue weighted by Gasteiger charge is 2.14. The first-order chi connectivity index (χ1) is 9.27. The Balaban J connectivity index is 1.82. The lowest BCUT2D eigenvalue weighted by molar-refractivity contribution is -0.122. The topological polar surface area (TPSA) is 68.0 Å². The van der Waals surface area contributed by atoms with Crippen LogP contribution in [0, 0.1) is 0 Å². The first-order valence-electron chi connectivity index (χ1n) is 6.24. The van der Waals surface area contributed by atoms with E-state index < -0.39 is 6.04 Å². The SMILES string of the molecule is N[C@@H](C(=O)NCCc1cccnc1)c1ccccc1. The summed E-state index contributed by atoms with van der Waals surface area (Å²) < 4.78 is 0. The molecule has 0 bridgehead atoms. The number of aromatic nitrogens is 1. The minimum Gasteiger partial charge on any atom is -0.354 e. The van der Waals surface area contributed by atoms with Gasteiger partial charge in [-0.05, 0) is 23.6 Å². The number of nitrogens with zero attached hydrogens (tertiary/aromatic N) is 1. The molecule has 1 atom stereocenters. The number of hydrogen-bond donors (Lipinski definition) is 2. The molecular weight excluding hydrogens is 238 g/mol. The molecule has 4 heteroatoms. The van der Waals surface area contributed by atoms with Crippen LogP contribution in [0.1, 0.15) is 17.2 Å². The van der Waals surface area contributed by atoms with E-state index in [9.17, 15) is 4.79 Å². The summed E-state index contributed by atoms with van der Waals surface area (Å²) in [4.78, 5) is 15.9. The van der Waals surface area contributed by atoms with Crippen LogP contribution in [-0.2, 0) is 11.2 Å². The Hall–Kier alpha value is -2.20. The first-order valence-corrected chi connectivity index (χ1v) is 6.24. The minimum absolute atomic E-state index is 0.157. The summed E-state index contributed by atoms with van der Waals surface area (Å²) in [7, 11) is 0. The molecule has 0 unspecified atom stereocenters. The van der Waals surface area contributed by atoms with Gasteiger partial charge in [0.1, 0.15) is 6.04 Å². The quantitative estimate of drug-likeness (QED) is 0.849. The van der Waals surface area contributed by atoms with Crippen molar-refractivity contribution in [2.45, 2.75) is 12.5 Å². The molecule has 0 saturated heterocycles. The third kappa shape index (κ3) is 3.89. The number of rotatable bonds is 5. The van der Waals surface area contributed by atoms with Crippen molar-refractivity contribution >= 4 is 5.91 Å². The Morgan fingerprint density at radius 3 is 2.68 bits per heavy atom. The van der Waals surface area contributed by atoms with Gasteiger partial charge in [0.2, 0.25) is 5.91 Å². The number of benzene rings is 1. The second-order valence-electron chi connectivity index (χ2n) is 4.29. The molecule has 0 aliphatic rings. The summed E-state index contributed by atoms with van der Waals surface area (Å²) in [5.41, 5.74) is 7.81. The van der Waals surface area contributed by atoms with Crippen LogP contribution < -0.4 is 11.1 Å². The van der Waals surface area contributed by atoms with Gasteiger partial charge in [0.25, 0.3) is 0 Å². The molecule has 2 rings (SSSR count). The van der Waals surface area contributed by atoms with Gasteiger partial charge in [0.15, 0.2) is 0 Å². The summed E-state index contributed by atoms with van der Waals surface area (Å²) in [5.74, 6) is -0.157. The molecule has 1 aromatic heterocycles. The Morgan fingerprint density at radius 2 is 2.00 bits per heavy atom. The third-order valence-corrected chi connectivity index (χ3v) is 2.88. The van der Waals surface area contributed by atoms with Crippen LogP contribution >= 0.6 is 0 Å². The first kappa shape index (κ1) is 13.2. The van der Waals surface area contributed by atoms with Gasteiger partial charge >= 0.3 is 0 Å². The Bertz CT molecular complexity index is 513. The lowest BCUT2D eigenvalue weighted by Gasteiger charge is -2.12.